The average molecular weight is 177 g/mol. The van der Waals surface area contributed by atoms with E-state index in [0.717, 1.165) is 24.5 Å². The minimum atomic E-state index is 0.535. The lowest BCUT2D eigenvalue weighted by Crippen LogP contribution is -1.95. The zero-order valence-electron chi connectivity index (χ0n) is 8.13. The van der Waals surface area contributed by atoms with E-state index in [0.29, 0.717) is 5.92 Å². The van der Waals surface area contributed by atoms with E-state index in [9.17, 15) is 0 Å². The molecule has 0 amide bonds. The summed E-state index contributed by atoms with van der Waals surface area (Å²) in [5, 5.41) is 0. The summed E-state index contributed by atoms with van der Waals surface area (Å²) in [5.41, 5.74) is 9.25. The van der Waals surface area contributed by atoms with E-state index >= 15 is 0 Å². The molecule has 0 unspecified atom stereocenters. The van der Waals surface area contributed by atoms with E-state index in [1.54, 1.807) is 0 Å². The molecule has 0 saturated heterocycles. The fraction of sp³-hybridized carbons (Fsp3) is 0.455. The molecule has 2 N–H and O–H groups in total. The van der Waals surface area contributed by atoms with Crippen molar-refractivity contribution >= 4 is 5.69 Å². The minimum Gasteiger partial charge on any atom is -0.491 e. The third-order valence-electron chi connectivity index (χ3n) is 2.50. The zero-order chi connectivity index (χ0) is 9.42. The molecule has 0 fully saturated rings. The van der Waals surface area contributed by atoms with Crippen LogP contribution < -0.4 is 10.5 Å². The highest BCUT2D eigenvalue weighted by atomic mass is 16.5. The van der Waals surface area contributed by atoms with Crippen molar-refractivity contribution in [1.82, 2.24) is 0 Å². The number of benzene rings is 1. The number of rotatable bonds is 1. The Hall–Kier alpha value is -1.18. The molecule has 1 aromatic rings. The van der Waals surface area contributed by atoms with Gasteiger partial charge in [-0.25, -0.2) is 0 Å². The van der Waals surface area contributed by atoms with Gasteiger partial charge in [0.25, 0.3) is 0 Å². The number of nitrogen functional groups attached to an aromatic ring is 1. The van der Waals surface area contributed by atoms with Gasteiger partial charge in [-0.15, -0.1) is 0 Å². The summed E-state index contributed by atoms with van der Waals surface area (Å²) in [5.74, 6) is 1.44. The Bertz CT molecular complexity index is 331. The Kier molecular flexibility index (Phi) is 1.91. The standard InChI is InChI=1S/C11H15NO/c1-7(2)9-5-8-3-4-13-11(8)10(12)6-9/h5-7H,3-4,12H2,1-2H3. The van der Waals surface area contributed by atoms with E-state index in [1.165, 1.54) is 11.1 Å². The van der Waals surface area contributed by atoms with Crippen molar-refractivity contribution in [2.75, 3.05) is 12.3 Å². The molecule has 1 aliphatic rings. The first-order valence-corrected chi connectivity index (χ1v) is 4.73. The van der Waals surface area contributed by atoms with Crippen molar-refractivity contribution in [2.24, 2.45) is 0 Å². The number of fused-ring (bicyclic) bond motifs is 1. The molecule has 0 saturated carbocycles. The largest absolute Gasteiger partial charge is 0.491 e. The summed E-state index contributed by atoms with van der Waals surface area (Å²) in [7, 11) is 0. The molecular weight excluding hydrogens is 162 g/mol. The van der Waals surface area contributed by atoms with Gasteiger partial charge in [0.2, 0.25) is 0 Å². The third kappa shape index (κ3) is 1.37. The van der Waals surface area contributed by atoms with Crippen molar-refractivity contribution in [3.63, 3.8) is 0 Å². The highest BCUT2D eigenvalue weighted by Crippen LogP contribution is 2.34. The van der Waals surface area contributed by atoms with Crippen LogP contribution >= 0.6 is 0 Å². The predicted molar refractivity (Wildman–Crippen MR) is 54.1 cm³/mol. The van der Waals surface area contributed by atoms with Crippen molar-refractivity contribution in [3.8, 4) is 5.75 Å². The van der Waals surface area contributed by atoms with Crippen LogP contribution in [-0.2, 0) is 6.42 Å². The molecule has 13 heavy (non-hydrogen) atoms. The Morgan fingerprint density at radius 1 is 1.38 bits per heavy atom. The van der Waals surface area contributed by atoms with Crippen molar-refractivity contribution in [2.45, 2.75) is 26.2 Å². The van der Waals surface area contributed by atoms with Crippen LogP contribution in [0.4, 0.5) is 5.69 Å². The van der Waals surface area contributed by atoms with Crippen molar-refractivity contribution in [1.29, 1.82) is 0 Å². The number of hydrogen-bond donors (Lipinski definition) is 1. The summed E-state index contributed by atoms with van der Waals surface area (Å²) in [6, 6.07) is 4.23. The van der Waals surface area contributed by atoms with Crippen molar-refractivity contribution < 1.29 is 4.74 Å². The maximum absolute atomic E-state index is 5.89. The van der Waals surface area contributed by atoms with Gasteiger partial charge in [-0.2, -0.15) is 0 Å². The van der Waals surface area contributed by atoms with Crippen LogP contribution in [0.15, 0.2) is 12.1 Å². The first-order valence-electron chi connectivity index (χ1n) is 4.73. The maximum Gasteiger partial charge on any atom is 0.145 e. The molecule has 1 heterocycles. The van der Waals surface area contributed by atoms with Crippen LogP contribution in [0, 0.1) is 0 Å². The fourth-order valence-electron chi connectivity index (χ4n) is 1.70. The Morgan fingerprint density at radius 3 is 2.85 bits per heavy atom. The molecule has 1 aromatic carbocycles. The lowest BCUT2D eigenvalue weighted by Gasteiger charge is -2.09. The quantitative estimate of drug-likeness (QED) is 0.668. The third-order valence-corrected chi connectivity index (χ3v) is 2.50. The minimum absolute atomic E-state index is 0.535. The molecule has 0 radical (unpaired) electrons. The molecule has 1 aliphatic heterocycles. The van der Waals surface area contributed by atoms with Crippen LogP contribution in [0.3, 0.4) is 0 Å². The second-order valence-corrected chi connectivity index (χ2v) is 3.85. The van der Waals surface area contributed by atoms with Gasteiger partial charge in [0, 0.05) is 6.42 Å². The smallest absolute Gasteiger partial charge is 0.145 e. The summed E-state index contributed by atoms with van der Waals surface area (Å²) in [4.78, 5) is 0. The van der Waals surface area contributed by atoms with Crippen LogP contribution in [-0.4, -0.2) is 6.61 Å². The number of anilines is 1. The van der Waals surface area contributed by atoms with E-state index < -0.39 is 0 Å². The lowest BCUT2D eigenvalue weighted by atomic mass is 9.99. The first kappa shape index (κ1) is 8.42. The first-order chi connectivity index (χ1) is 6.18. The Morgan fingerprint density at radius 2 is 2.15 bits per heavy atom. The second-order valence-electron chi connectivity index (χ2n) is 3.85. The molecule has 2 heteroatoms. The molecule has 0 atom stereocenters. The van der Waals surface area contributed by atoms with Gasteiger partial charge in [-0.1, -0.05) is 19.9 Å². The number of nitrogens with two attached hydrogens (primary N) is 1. The zero-order valence-corrected chi connectivity index (χ0v) is 8.13. The highest BCUT2D eigenvalue weighted by molar-refractivity contribution is 5.60. The molecule has 0 aliphatic carbocycles. The van der Waals surface area contributed by atoms with Gasteiger partial charge >= 0.3 is 0 Å². The van der Waals surface area contributed by atoms with Gasteiger partial charge < -0.3 is 10.5 Å². The molecule has 2 rings (SSSR count). The van der Waals surface area contributed by atoms with Crippen LogP contribution in [0.5, 0.6) is 5.75 Å². The molecular formula is C11H15NO. The van der Waals surface area contributed by atoms with Gasteiger partial charge in [0.05, 0.1) is 12.3 Å². The van der Waals surface area contributed by atoms with Gasteiger partial charge in [-0.05, 0) is 23.1 Å². The topological polar surface area (TPSA) is 35.2 Å². The summed E-state index contributed by atoms with van der Waals surface area (Å²) in [6.07, 6.45) is 1.00. The SMILES string of the molecule is CC(C)c1cc(N)c2c(c1)CCO2. The summed E-state index contributed by atoms with van der Waals surface area (Å²) >= 11 is 0. The Labute approximate surface area is 78.7 Å². The summed E-state index contributed by atoms with van der Waals surface area (Å²) in [6.45, 7) is 5.13. The highest BCUT2D eigenvalue weighted by Gasteiger charge is 2.16. The second kappa shape index (κ2) is 2.95. The van der Waals surface area contributed by atoms with Gasteiger partial charge in [0.1, 0.15) is 5.75 Å². The summed E-state index contributed by atoms with van der Waals surface area (Å²) < 4.78 is 5.44. The predicted octanol–water partition coefficient (Wildman–Crippen LogP) is 2.33. The van der Waals surface area contributed by atoms with Crippen LogP contribution in [0.2, 0.25) is 0 Å². The van der Waals surface area contributed by atoms with E-state index in [4.69, 9.17) is 10.5 Å². The molecule has 70 valence electrons. The maximum atomic E-state index is 5.89. The molecule has 2 nitrogen and oxygen atoms in total. The van der Waals surface area contributed by atoms with Crippen molar-refractivity contribution in [3.05, 3.63) is 23.3 Å². The molecule has 0 bridgehead atoms. The molecule has 0 aromatic heterocycles. The normalized spacial score (nSPS) is 14.4. The lowest BCUT2D eigenvalue weighted by molar-refractivity contribution is 0.358. The van der Waals surface area contributed by atoms with E-state index in [-0.39, 0.29) is 0 Å². The van der Waals surface area contributed by atoms with Crippen LogP contribution in [0.25, 0.3) is 0 Å². The number of ether oxygens (including phenoxy) is 1. The van der Waals surface area contributed by atoms with Gasteiger partial charge in [0.15, 0.2) is 0 Å². The fourth-order valence-corrected chi connectivity index (χ4v) is 1.70. The van der Waals surface area contributed by atoms with Crippen LogP contribution in [0.1, 0.15) is 30.9 Å². The average Bonchev–Trinajstić information content (AvgIpc) is 2.51. The number of hydrogen-bond acceptors (Lipinski definition) is 2. The monoisotopic (exact) mass is 177 g/mol. The Balaban J connectivity index is 2.49. The molecule has 0 spiro atoms. The van der Waals surface area contributed by atoms with E-state index in [2.05, 4.69) is 19.9 Å². The van der Waals surface area contributed by atoms with Gasteiger partial charge in [-0.3, -0.25) is 0 Å². The van der Waals surface area contributed by atoms with E-state index in [1.807, 2.05) is 6.07 Å².